The minimum Gasteiger partial charge on any atom is -0.383 e. The third-order valence-electron chi connectivity index (χ3n) is 2.58. The Bertz CT molecular complexity index is 297. The molecule has 0 amide bonds. The van der Waals surface area contributed by atoms with Gasteiger partial charge in [0.2, 0.25) is 0 Å². The highest BCUT2D eigenvalue weighted by Crippen LogP contribution is 2.10. The van der Waals surface area contributed by atoms with Gasteiger partial charge in [0.1, 0.15) is 11.6 Å². The van der Waals surface area contributed by atoms with Crippen LogP contribution in [0.1, 0.15) is 50.9 Å². The van der Waals surface area contributed by atoms with Crippen molar-refractivity contribution in [3.8, 4) is 0 Å². The van der Waals surface area contributed by atoms with Crippen LogP contribution in [0.5, 0.6) is 0 Å². The first kappa shape index (κ1) is 12.0. The Kier molecular flexibility index (Phi) is 5.08. The second-order valence-corrected chi connectivity index (χ2v) is 3.86. The number of rotatable bonds is 6. The van der Waals surface area contributed by atoms with E-state index in [1.165, 1.54) is 25.7 Å². The zero-order valence-corrected chi connectivity index (χ0v) is 9.79. The SMILES string of the molecule is CCCCCCc1ncc(CC)c(N)n1. The van der Waals surface area contributed by atoms with Gasteiger partial charge in [-0.3, -0.25) is 0 Å². The molecule has 1 aromatic rings. The molecule has 0 aliphatic heterocycles. The van der Waals surface area contributed by atoms with Crippen LogP contribution in [0.4, 0.5) is 5.82 Å². The van der Waals surface area contributed by atoms with Crippen LogP contribution in [0.25, 0.3) is 0 Å². The van der Waals surface area contributed by atoms with Crippen molar-refractivity contribution in [2.75, 3.05) is 5.73 Å². The third-order valence-corrected chi connectivity index (χ3v) is 2.58. The second kappa shape index (κ2) is 6.38. The van der Waals surface area contributed by atoms with E-state index in [1.54, 1.807) is 0 Å². The van der Waals surface area contributed by atoms with E-state index in [0.29, 0.717) is 5.82 Å². The van der Waals surface area contributed by atoms with E-state index in [2.05, 4.69) is 23.8 Å². The molecule has 1 rings (SSSR count). The van der Waals surface area contributed by atoms with Crippen LogP contribution in [-0.2, 0) is 12.8 Å². The summed E-state index contributed by atoms with van der Waals surface area (Å²) in [4.78, 5) is 8.63. The highest BCUT2D eigenvalue weighted by atomic mass is 14.9. The van der Waals surface area contributed by atoms with Gasteiger partial charge >= 0.3 is 0 Å². The molecule has 0 aliphatic rings. The molecule has 1 aromatic heterocycles. The zero-order chi connectivity index (χ0) is 11.1. The molecule has 3 heteroatoms. The fraction of sp³-hybridized carbons (Fsp3) is 0.667. The Morgan fingerprint density at radius 3 is 2.60 bits per heavy atom. The number of nitrogens with two attached hydrogens (primary N) is 1. The standard InChI is InChI=1S/C12H21N3/c1-3-5-6-7-8-11-14-9-10(4-2)12(13)15-11/h9H,3-8H2,1-2H3,(H2,13,14,15). The van der Waals surface area contributed by atoms with Crippen LogP contribution in [0.2, 0.25) is 0 Å². The highest BCUT2D eigenvalue weighted by Gasteiger charge is 2.01. The molecule has 15 heavy (non-hydrogen) atoms. The fourth-order valence-corrected chi connectivity index (χ4v) is 1.56. The molecule has 0 saturated heterocycles. The van der Waals surface area contributed by atoms with E-state index in [-0.39, 0.29) is 0 Å². The number of nitrogen functional groups attached to an aromatic ring is 1. The number of hydrogen-bond acceptors (Lipinski definition) is 3. The molecular weight excluding hydrogens is 186 g/mol. The summed E-state index contributed by atoms with van der Waals surface area (Å²) in [6.07, 6.45) is 8.70. The van der Waals surface area contributed by atoms with Gasteiger partial charge in [0.05, 0.1) is 0 Å². The van der Waals surface area contributed by atoms with Gasteiger partial charge in [-0.2, -0.15) is 0 Å². The van der Waals surface area contributed by atoms with Crippen molar-refractivity contribution in [1.29, 1.82) is 0 Å². The molecular formula is C12H21N3. The molecule has 0 unspecified atom stereocenters. The molecule has 0 bridgehead atoms. The summed E-state index contributed by atoms with van der Waals surface area (Å²) in [5.41, 5.74) is 6.86. The summed E-state index contributed by atoms with van der Waals surface area (Å²) in [7, 11) is 0. The quantitative estimate of drug-likeness (QED) is 0.730. The van der Waals surface area contributed by atoms with Gasteiger partial charge in [-0.05, 0) is 12.8 Å². The van der Waals surface area contributed by atoms with Crippen molar-refractivity contribution in [3.63, 3.8) is 0 Å². The minimum atomic E-state index is 0.651. The predicted octanol–water partition coefficient (Wildman–Crippen LogP) is 2.74. The summed E-state index contributed by atoms with van der Waals surface area (Å²) in [5, 5.41) is 0. The Labute approximate surface area is 92.1 Å². The van der Waals surface area contributed by atoms with Crippen LogP contribution >= 0.6 is 0 Å². The van der Waals surface area contributed by atoms with E-state index >= 15 is 0 Å². The summed E-state index contributed by atoms with van der Waals surface area (Å²) in [6, 6.07) is 0. The molecule has 0 saturated carbocycles. The molecule has 0 atom stereocenters. The monoisotopic (exact) mass is 207 g/mol. The number of anilines is 1. The maximum atomic E-state index is 5.81. The van der Waals surface area contributed by atoms with Crippen molar-refractivity contribution >= 4 is 5.82 Å². The van der Waals surface area contributed by atoms with E-state index in [0.717, 1.165) is 24.2 Å². The molecule has 0 spiro atoms. The molecule has 1 heterocycles. The maximum absolute atomic E-state index is 5.81. The first-order valence-electron chi connectivity index (χ1n) is 5.88. The number of hydrogen-bond donors (Lipinski definition) is 1. The smallest absolute Gasteiger partial charge is 0.130 e. The Morgan fingerprint density at radius 2 is 2.00 bits per heavy atom. The lowest BCUT2D eigenvalue weighted by molar-refractivity contribution is 0.652. The van der Waals surface area contributed by atoms with Gasteiger partial charge in [0, 0.05) is 18.2 Å². The van der Waals surface area contributed by atoms with Gasteiger partial charge in [0.25, 0.3) is 0 Å². The lowest BCUT2D eigenvalue weighted by Gasteiger charge is -2.04. The lowest BCUT2D eigenvalue weighted by Crippen LogP contribution is -2.03. The Balaban J connectivity index is 2.45. The lowest BCUT2D eigenvalue weighted by atomic mass is 10.1. The van der Waals surface area contributed by atoms with Gasteiger partial charge in [-0.15, -0.1) is 0 Å². The summed E-state index contributed by atoms with van der Waals surface area (Å²) >= 11 is 0. The van der Waals surface area contributed by atoms with Crippen molar-refractivity contribution in [3.05, 3.63) is 17.6 Å². The minimum absolute atomic E-state index is 0.651. The van der Waals surface area contributed by atoms with Gasteiger partial charge < -0.3 is 5.73 Å². The molecule has 3 nitrogen and oxygen atoms in total. The van der Waals surface area contributed by atoms with Gasteiger partial charge in [-0.1, -0.05) is 33.1 Å². The van der Waals surface area contributed by atoms with Crippen LogP contribution in [-0.4, -0.2) is 9.97 Å². The second-order valence-electron chi connectivity index (χ2n) is 3.86. The van der Waals surface area contributed by atoms with Crippen molar-refractivity contribution in [2.45, 2.75) is 52.4 Å². The third kappa shape index (κ3) is 3.86. The Morgan fingerprint density at radius 1 is 1.20 bits per heavy atom. The van der Waals surface area contributed by atoms with Crippen LogP contribution in [0.3, 0.4) is 0 Å². The van der Waals surface area contributed by atoms with E-state index < -0.39 is 0 Å². The largest absolute Gasteiger partial charge is 0.383 e. The van der Waals surface area contributed by atoms with E-state index in [9.17, 15) is 0 Å². The van der Waals surface area contributed by atoms with Crippen LogP contribution in [0.15, 0.2) is 6.20 Å². The maximum Gasteiger partial charge on any atom is 0.130 e. The molecule has 0 aliphatic carbocycles. The number of aryl methyl sites for hydroxylation is 2. The molecule has 84 valence electrons. The Hall–Kier alpha value is -1.12. The molecule has 0 aromatic carbocycles. The van der Waals surface area contributed by atoms with E-state index in [1.807, 2.05) is 6.20 Å². The molecule has 0 fully saturated rings. The average Bonchev–Trinajstić information content (AvgIpc) is 2.25. The van der Waals surface area contributed by atoms with E-state index in [4.69, 9.17) is 5.73 Å². The summed E-state index contributed by atoms with van der Waals surface area (Å²) in [5.74, 6) is 1.54. The number of aromatic nitrogens is 2. The van der Waals surface area contributed by atoms with Crippen molar-refractivity contribution in [1.82, 2.24) is 9.97 Å². The normalized spacial score (nSPS) is 10.5. The molecule has 0 radical (unpaired) electrons. The average molecular weight is 207 g/mol. The van der Waals surface area contributed by atoms with Crippen LogP contribution < -0.4 is 5.73 Å². The highest BCUT2D eigenvalue weighted by molar-refractivity contribution is 5.37. The van der Waals surface area contributed by atoms with Gasteiger partial charge in [-0.25, -0.2) is 9.97 Å². The topological polar surface area (TPSA) is 51.8 Å². The molecule has 2 N–H and O–H groups in total. The predicted molar refractivity (Wildman–Crippen MR) is 63.7 cm³/mol. The van der Waals surface area contributed by atoms with Crippen molar-refractivity contribution < 1.29 is 0 Å². The first-order valence-corrected chi connectivity index (χ1v) is 5.88. The van der Waals surface area contributed by atoms with Gasteiger partial charge in [0.15, 0.2) is 0 Å². The fourth-order valence-electron chi connectivity index (χ4n) is 1.56. The number of unbranched alkanes of at least 4 members (excludes halogenated alkanes) is 3. The summed E-state index contributed by atoms with van der Waals surface area (Å²) in [6.45, 7) is 4.28. The number of nitrogens with zero attached hydrogens (tertiary/aromatic N) is 2. The summed E-state index contributed by atoms with van der Waals surface area (Å²) < 4.78 is 0. The van der Waals surface area contributed by atoms with Crippen LogP contribution in [0, 0.1) is 0 Å². The van der Waals surface area contributed by atoms with Crippen molar-refractivity contribution in [2.24, 2.45) is 0 Å². The first-order chi connectivity index (χ1) is 7.27. The zero-order valence-electron chi connectivity index (χ0n) is 9.79.